The molecule has 2 rings (SSSR count). The van der Waals surface area contributed by atoms with Crippen molar-refractivity contribution in [2.24, 2.45) is 0 Å². The van der Waals surface area contributed by atoms with Crippen molar-refractivity contribution < 1.29 is 13.6 Å². The number of hydrogen-bond acceptors (Lipinski definition) is 3. The summed E-state index contributed by atoms with van der Waals surface area (Å²) in [5.74, 6) is -2.29. The number of nitrogens with two attached hydrogens (primary N) is 1. The number of nitrogens with one attached hydrogen (secondary N) is 1. The number of nitrogen functional groups attached to an aromatic ring is 1. The number of halogens is 2. The highest BCUT2D eigenvalue weighted by Gasteiger charge is 2.14. The fourth-order valence-corrected chi connectivity index (χ4v) is 1.91. The molecule has 4 nitrogen and oxygen atoms in total. The van der Waals surface area contributed by atoms with Crippen LogP contribution in [0.4, 0.5) is 25.8 Å². The van der Waals surface area contributed by atoms with E-state index in [0.29, 0.717) is 5.69 Å². The minimum absolute atomic E-state index is 0.223. The standard InChI is InChI=1S/C15H15F2N3O/c1-20(2)13-7-6-9(8-12(13)18)15(21)19-14-10(16)4-3-5-11(14)17/h3-8H,18H2,1-2H3,(H,19,21). The summed E-state index contributed by atoms with van der Waals surface area (Å²) in [7, 11) is 3.64. The van der Waals surface area contributed by atoms with Gasteiger partial charge in [-0.2, -0.15) is 0 Å². The molecule has 3 N–H and O–H groups in total. The van der Waals surface area contributed by atoms with Crippen molar-refractivity contribution in [3.8, 4) is 0 Å². The van der Waals surface area contributed by atoms with Crippen LogP contribution in [0.5, 0.6) is 0 Å². The lowest BCUT2D eigenvalue weighted by Crippen LogP contribution is -2.16. The Hall–Kier alpha value is -2.63. The number of nitrogens with zero attached hydrogens (tertiary/aromatic N) is 1. The smallest absolute Gasteiger partial charge is 0.255 e. The van der Waals surface area contributed by atoms with Gasteiger partial charge < -0.3 is 16.0 Å². The summed E-state index contributed by atoms with van der Waals surface area (Å²) < 4.78 is 27.0. The van der Waals surface area contributed by atoms with E-state index in [9.17, 15) is 13.6 Å². The average Bonchev–Trinajstić information content (AvgIpc) is 2.42. The molecular formula is C15H15F2N3O. The fraction of sp³-hybridized carbons (Fsp3) is 0.133. The molecule has 6 heteroatoms. The van der Waals surface area contributed by atoms with Crippen molar-refractivity contribution >= 4 is 23.0 Å². The van der Waals surface area contributed by atoms with Gasteiger partial charge in [-0.25, -0.2) is 8.78 Å². The van der Waals surface area contributed by atoms with Crippen molar-refractivity contribution in [1.29, 1.82) is 0 Å². The zero-order valence-corrected chi connectivity index (χ0v) is 11.7. The van der Waals surface area contributed by atoms with Gasteiger partial charge in [0.25, 0.3) is 5.91 Å². The molecule has 110 valence electrons. The molecule has 1 amide bonds. The lowest BCUT2D eigenvalue weighted by molar-refractivity contribution is 0.102. The summed E-state index contributed by atoms with van der Waals surface area (Å²) in [6.45, 7) is 0. The first kappa shape index (κ1) is 14.8. The van der Waals surface area contributed by atoms with Gasteiger partial charge in [0.15, 0.2) is 0 Å². The van der Waals surface area contributed by atoms with E-state index >= 15 is 0 Å². The largest absolute Gasteiger partial charge is 0.397 e. The molecule has 0 unspecified atom stereocenters. The molecule has 0 spiro atoms. The maximum atomic E-state index is 13.5. The van der Waals surface area contributed by atoms with Gasteiger partial charge in [-0.15, -0.1) is 0 Å². The molecule has 0 aliphatic rings. The first-order chi connectivity index (χ1) is 9.90. The van der Waals surface area contributed by atoms with Crippen LogP contribution in [-0.2, 0) is 0 Å². The molecule has 0 bridgehead atoms. The Labute approximate surface area is 121 Å². The van der Waals surface area contributed by atoms with Gasteiger partial charge in [0.2, 0.25) is 0 Å². The summed E-state index contributed by atoms with van der Waals surface area (Å²) >= 11 is 0. The van der Waals surface area contributed by atoms with E-state index in [2.05, 4.69) is 5.32 Å². The number of anilines is 3. The van der Waals surface area contributed by atoms with Crippen LogP contribution < -0.4 is 16.0 Å². The van der Waals surface area contributed by atoms with Crippen LogP contribution in [0.1, 0.15) is 10.4 Å². The third-order valence-corrected chi connectivity index (χ3v) is 2.97. The zero-order chi connectivity index (χ0) is 15.6. The zero-order valence-electron chi connectivity index (χ0n) is 11.7. The minimum atomic E-state index is -0.832. The van der Waals surface area contributed by atoms with Crippen molar-refractivity contribution in [2.45, 2.75) is 0 Å². The van der Waals surface area contributed by atoms with Gasteiger partial charge in [-0.1, -0.05) is 6.07 Å². The third-order valence-electron chi connectivity index (χ3n) is 2.97. The molecule has 0 aliphatic carbocycles. The number of benzene rings is 2. The minimum Gasteiger partial charge on any atom is -0.397 e. The Morgan fingerprint density at radius 1 is 1.14 bits per heavy atom. The Bertz CT molecular complexity index is 666. The second kappa shape index (κ2) is 5.78. The van der Waals surface area contributed by atoms with E-state index in [0.717, 1.165) is 17.8 Å². The maximum Gasteiger partial charge on any atom is 0.255 e. The van der Waals surface area contributed by atoms with Crippen molar-refractivity contribution in [3.05, 3.63) is 53.6 Å². The quantitative estimate of drug-likeness (QED) is 0.855. The lowest BCUT2D eigenvalue weighted by atomic mass is 10.1. The highest BCUT2D eigenvalue weighted by Crippen LogP contribution is 2.24. The maximum absolute atomic E-state index is 13.5. The monoisotopic (exact) mass is 291 g/mol. The van der Waals surface area contributed by atoms with E-state index in [1.54, 1.807) is 17.0 Å². The normalized spacial score (nSPS) is 10.3. The van der Waals surface area contributed by atoms with Gasteiger partial charge >= 0.3 is 0 Å². The SMILES string of the molecule is CN(C)c1ccc(C(=O)Nc2c(F)cccc2F)cc1N. The Balaban J connectivity index is 2.27. The average molecular weight is 291 g/mol. The molecule has 0 saturated heterocycles. The molecule has 21 heavy (non-hydrogen) atoms. The number of para-hydroxylation sites is 1. The van der Waals surface area contributed by atoms with E-state index in [1.165, 1.54) is 12.1 Å². The number of carbonyl (C=O) groups is 1. The van der Waals surface area contributed by atoms with Gasteiger partial charge in [-0.05, 0) is 30.3 Å². The number of hydrogen-bond donors (Lipinski definition) is 2. The Morgan fingerprint density at radius 3 is 2.29 bits per heavy atom. The predicted molar refractivity (Wildman–Crippen MR) is 79.5 cm³/mol. The van der Waals surface area contributed by atoms with Crippen LogP contribution in [0, 0.1) is 11.6 Å². The second-order valence-electron chi connectivity index (χ2n) is 4.72. The van der Waals surface area contributed by atoms with Crippen molar-refractivity contribution in [1.82, 2.24) is 0 Å². The number of amides is 1. The number of rotatable bonds is 3. The third kappa shape index (κ3) is 3.10. The van der Waals surface area contributed by atoms with Crippen LogP contribution in [-0.4, -0.2) is 20.0 Å². The Morgan fingerprint density at radius 2 is 1.76 bits per heavy atom. The Kier molecular flexibility index (Phi) is 4.07. The molecule has 0 radical (unpaired) electrons. The van der Waals surface area contributed by atoms with Crippen LogP contribution in [0.2, 0.25) is 0 Å². The van der Waals surface area contributed by atoms with Gasteiger partial charge in [0.05, 0.1) is 11.4 Å². The highest BCUT2D eigenvalue weighted by molar-refractivity contribution is 6.05. The highest BCUT2D eigenvalue weighted by atomic mass is 19.1. The summed E-state index contributed by atoms with van der Waals surface area (Å²) in [5, 5.41) is 2.21. The second-order valence-corrected chi connectivity index (χ2v) is 4.72. The molecule has 2 aromatic rings. The lowest BCUT2D eigenvalue weighted by Gasteiger charge is -2.16. The molecule has 0 atom stereocenters. The van der Waals surface area contributed by atoms with E-state index in [4.69, 9.17) is 5.73 Å². The molecule has 0 aromatic heterocycles. The van der Waals surface area contributed by atoms with Gasteiger partial charge in [-0.3, -0.25) is 4.79 Å². The van der Waals surface area contributed by atoms with E-state index in [-0.39, 0.29) is 5.56 Å². The number of carbonyl (C=O) groups excluding carboxylic acids is 1. The van der Waals surface area contributed by atoms with Crippen molar-refractivity contribution in [3.63, 3.8) is 0 Å². The van der Waals surface area contributed by atoms with Crippen molar-refractivity contribution in [2.75, 3.05) is 30.0 Å². The van der Waals surface area contributed by atoms with Crippen LogP contribution in [0.15, 0.2) is 36.4 Å². The van der Waals surface area contributed by atoms with E-state index in [1.807, 2.05) is 14.1 Å². The molecular weight excluding hydrogens is 276 g/mol. The summed E-state index contributed by atoms with van der Waals surface area (Å²) in [6.07, 6.45) is 0. The molecule has 2 aromatic carbocycles. The van der Waals surface area contributed by atoms with E-state index < -0.39 is 23.2 Å². The summed E-state index contributed by atoms with van der Waals surface area (Å²) in [6, 6.07) is 8.04. The topological polar surface area (TPSA) is 58.4 Å². The first-order valence-corrected chi connectivity index (χ1v) is 6.22. The van der Waals surface area contributed by atoms with Crippen LogP contribution >= 0.6 is 0 Å². The molecule has 0 heterocycles. The van der Waals surface area contributed by atoms with Gasteiger partial charge in [0.1, 0.15) is 17.3 Å². The van der Waals surface area contributed by atoms with Crippen LogP contribution in [0.25, 0.3) is 0 Å². The van der Waals surface area contributed by atoms with Gasteiger partial charge in [0, 0.05) is 19.7 Å². The summed E-state index contributed by atoms with van der Waals surface area (Å²) in [5.41, 5.74) is 6.75. The first-order valence-electron chi connectivity index (χ1n) is 6.22. The molecule has 0 saturated carbocycles. The predicted octanol–water partition coefficient (Wildman–Crippen LogP) is 2.87. The summed E-state index contributed by atoms with van der Waals surface area (Å²) in [4.78, 5) is 13.8. The fourth-order valence-electron chi connectivity index (χ4n) is 1.91. The molecule has 0 fully saturated rings. The molecule has 0 aliphatic heterocycles. The van der Waals surface area contributed by atoms with Crippen LogP contribution in [0.3, 0.4) is 0 Å².